The van der Waals surface area contributed by atoms with E-state index in [-0.39, 0.29) is 24.5 Å². The molecule has 0 atom stereocenters. The van der Waals surface area contributed by atoms with Crippen LogP contribution in [0.1, 0.15) is 31.1 Å². The van der Waals surface area contributed by atoms with Gasteiger partial charge in [-0.2, -0.15) is 0 Å². The molecule has 7 heteroatoms. The molecule has 0 aliphatic rings. The first-order valence-corrected chi connectivity index (χ1v) is 6.35. The summed E-state index contributed by atoms with van der Waals surface area (Å²) in [5.74, 6) is -1.28. The van der Waals surface area contributed by atoms with Crippen molar-refractivity contribution >= 4 is 12.1 Å². The van der Waals surface area contributed by atoms with Crippen molar-refractivity contribution in [1.29, 1.82) is 0 Å². The molecule has 1 aromatic carbocycles. The molecule has 0 radical (unpaired) electrons. The Morgan fingerprint density at radius 1 is 1.29 bits per heavy atom. The molecule has 0 spiro atoms. The quantitative estimate of drug-likeness (QED) is 0.718. The molecule has 0 saturated heterocycles. The highest BCUT2D eigenvalue weighted by Gasteiger charge is 2.15. The van der Waals surface area contributed by atoms with Crippen molar-refractivity contribution < 1.29 is 29.3 Å². The summed E-state index contributed by atoms with van der Waals surface area (Å²) in [7, 11) is 0. The highest BCUT2D eigenvalue weighted by atomic mass is 16.6. The molecule has 1 aromatic rings. The first-order valence-electron chi connectivity index (χ1n) is 6.35. The van der Waals surface area contributed by atoms with Crippen LogP contribution in [0.15, 0.2) is 18.2 Å². The van der Waals surface area contributed by atoms with E-state index in [2.05, 4.69) is 5.32 Å². The molecule has 0 aliphatic heterocycles. The summed E-state index contributed by atoms with van der Waals surface area (Å²) >= 11 is 0. The Morgan fingerprint density at radius 3 is 2.48 bits per heavy atom. The maximum absolute atomic E-state index is 11.3. The third-order valence-electron chi connectivity index (χ3n) is 2.24. The van der Waals surface area contributed by atoms with Crippen LogP contribution in [0.4, 0.5) is 4.79 Å². The standard InChI is InChI=1S/C14H19NO6/c1-14(2,3)21-13(19)15-6-7-20-9-4-5-10(12(17)18)11(16)8-9/h4-5,8,16H,6-7H2,1-3H3,(H,15,19)(H,17,18). The van der Waals surface area contributed by atoms with Gasteiger partial charge in [0.05, 0.1) is 6.54 Å². The molecule has 116 valence electrons. The van der Waals surface area contributed by atoms with Gasteiger partial charge in [0.1, 0.15) is 29.3 Å². The number of hydrogen-bond acceptors (Lipinski definition) is 5. The number of alkyl carbamates (subject to hydrolysis) is 1. The number of ether oxygens (including phenoxy) is 2. The summed E-state index contributed by atoms with van der Waals surface area (Å²) in [5, 5.41) is 20.8. The molecular weight excluding hydrogens is 278 g/mol. The van der Waals surface area contributed by atoms with Crippen LogP contribution in [-0.4, -0.2) is 41.0 Å². The van der Waals surface area contributed by atoms with Crippen molar-refractivity contribution in [3.8, 4) is 11.5 Å². The number of carboxylic acids is 1. The fourth-order valence-electron chi connectivity index (χ4n) is 1.42. The highest BCUT2D eigenvalue weighted by molar-refractivity contribution is 5.90. The van der Waals surface area contributed by atoms with Gasteiger partial charge in [-0.1, -0.05) is 0 Å². The van der Waals surface area contributed by atoms with Gasteiger partial charge in [-0.05, 0) is 32.9 Å². The maximum Gasteiger partial charge on any atom is 0.407 e. The van der Waals surface area contributed by atoms with Gasteiger partial charge in [-0.25, -0.2) is 9.59 Å². The molecule has 1 rings (SSSR count). The van der Waals surface area contributed by atoms with Gasteiger partial charge in [-0.3, -0.25) is 0 Å². The number of amides is 1. The molecule has 0 saturated carbocycles. The smallest absolute Gasteiger partial charge is 0.407 e. The fourth-order valence-corrected chi connectivity index (χ4v) is 1.42. The second-order valence-electron chi connectivity index (χ2n) is 5.26. The van der Waals surface area contributed by atoms with Crippen molar-refractivity contribution in [1.82, 2.24) is 5.32 Å². The Hall–Kier alpha value is -2.44. The summed E-state index contributed by atoms with van der Waals surface area (Å²) in [6.45, 7) is 5.66. The van der Waals surface area contributed by atoms with E-state index in [1.54, 1.807) is 20.8 Å². The molecule has 0 bridgehead atoms. The summed E-state index contributed by atoms with van der Waals surface area (Å²) in [6, 6.07) is 3.88. The first-order chi connectivity index (χ1) is 9.69. The molecule has 0 heterocycles. The second kappa shape index (κ2) is 6.83. The van der Waals surface area contributed by atoms with E-state index >= 15 is 0 Å². The number of nitrogens with one attached hydrogen (secondary N) is 1. The Balaban J connectivity index is 2.38. The van der Waals surface area contributed by atoms with Crippen LogP contribution >= 0.6 is 0 Å². The summed E-state index contributed by atoms with van der Waals surface area (Å²) in [4.78, 5) is 22.1. The monoisotopic (exact) mass is 297 g/mol. The number of benzene rings is 1. The van der Waals surface area contributed by atoms with Crippen molar-refractivity contribution in [2.45, 2.75) is 26.4 Å². The van der Waals surface area contributed by atoms with Crippen molar-refractivity contribution in [3.05, 3.63) is 23.8 Å². The van der Waals surface area contributed by atoms with Gasteiger partial charge in [0.2, 0.25) is 0 Å². The minimum absolute atomic E-state index is 0.158. The van der Waals surface area contributed by atoms with Crippen LogP contribution in [0.2, 0.25) is 0 Å². The largest absolute Gasteiger partial charge is 0.507 e. The van der Waals surface area contributed by atoms with E-state index < -0.39 is 17.7 Å². The van der Waals surface area contributed by atoms with E-state index in [1.165, 1.54) is 18.2 Å². The zero-order valence-electron chi connectivity index (χ0n) is 12.2. The van der Waals surface area contributed by atoms with Gasteiger partial charge >= 0.3 is 12.1 Å². The van der Waals surface area contributed by atoms with Crippen LogP contribution in [0.25, 0.3) is 0 Å². The Morgan fingerprint density at radius 2 is 1.95 bits per heavy atom. The lowest BCUT2D eigenvalue weighted by Gasteiger charge is -2.19. The highest BCUT2D eigenvalue weighted by Crippen LogP contribution is 2.23. The van der Waals surface area contributed by atoms with Gasteiger partial charge < -0.3 is 25.0 Å². The van der Waals surface area contributed by atoms with Crippen molar-refractivity contribution in [2.24, 2.45) is 0 Å². The molecule has 3 N–H and O–H groups in total. The molecule has 0 fully saturated rings. The number of carbonyl (C=O) groups excluding carboxylic acids is 1. The molecule has 7 nitrogen and oxygen atoms in total. The van der Waals surface area contributed by atoms with Crippen LogP contribution < -0.4 is 10.1 Å². The SMILES string of the molecule is CC(C)(C)OC(=O)NCCOc1ccc(C(=O)O)c(O)c1. The summed E-state index contributed by atoms with van der Waals surface area (Å²) in [5.41, 5.74) is -0.766. The van der Waals surface area contributed by atoms with Crippen LogP contribution in [0, 0.1) is 0 Å². The predicted octanol–water partition coefficient (Wildman–Crippen LogP) is 1.99. The van der Waals surface area contributed by atoms with E-state index in [4.69, 9.17) is 14.6 Å². The lowest BCUT2D eigenvalue weighted by Crippen LogP contribution is -2.34. The number of carboxylic acid groups (broad SMARTS) is 1. The van der Waals surface area contributed by atoms with Crippen molar-refractivity contribution in [2.75, 3.05) is 13.2 Å². The number of aromatic carboxylic acids is 1. The van der Waals surface area contributed by atoms with Crippen LogP contribution in [0.5, 0.6) is 11.5 Å². The summed E-state index contributed by atoms with van der Waals surface area (Å²) in [6.07, 6.45) is -0.546. The van der Waals surface area contributed by atoms with Crippen LogP contribution in [-0.2, 0) is 4.74 Å². The third kappa shape index (κ3) is 6.03. The average Bonchev–Trinajstić information content (AvgIpc) is 2.32. The lowest BCUT2D eigenvalue weighted by atomic mass is 10.2. The number of hydrogen-bond donors (Lipinski definition) is 3. The number of rotatable bonds is 5. The minimum Gasteiger partial charge on any atom is -0.507 e. The molecule has 21 heavy (non-hydrogen) atoms. The van der Waals surface area contributed by atoms with Crippen molar-refractivity contribution in [3.63, 3.8) is 0 Å². The molecular formula is C14H19NO6. The van der Waals surface area contributed by atoms with E-state index in [1.807, 2.05) is 0 Å². The van der Waals surface area contributed by atoms with E-state index in [9.17, 15) is 14.7 Å². The average molecular weight is 297 g/mol. The van der Waals surface area contributed by atoms with Gasteiger partial charge in [-0.15, -0.1) is 0 Å². The van der Waals surface area contributed by atoms with Gasteiger partial charge in [0, 0.05) is 6.07 Å². The molecule has 0 aliphatic carbocycles. The van der Waals surface area contributed by atoms with Gasteiger partial charge in [0.15, 0.2) is 0 Å². The first kappa shape index (κ1) is 16.6. The van der Waals surface area contributed by atoms with Gasteiger partial charge in [0.25, 0.3) is 0 Å². The van der Waals surface area contributed by atoms with Crippen LogP contribution in [0.3, 0.4) is 0 Å². The number of carbonyl (C=O) groups is 2. The topological polar surface area (TPSA) is 105 Å². The zero-order valence-corrected chi connectivity index (χ0v) is 12.2. The zero-order chi connectivity index (χ0) is 16.0. The van der Waals surface area contributed by atoms with E-state index in [0.717, 1.165) is 0 Å². The minimum atomic E-state index is -1.22. The second-order valence-corrected chi connectivity index (χ2v) is 5.26. The number of aromatic hydroxyl groups is 1. The molecule has 1 amide bonds. The van der Waals surface area contributed by atoms with E-state index in [0.29, 0.717) is 5.75 Å². The Labute approximate surface area is 122 Å². The fraction of sp³-hybridized carbons (Fsp3) is 0.429. The predicted molar refractivity (Wildman–Crippen MR) is 74.8 cm³/mol. The molecule has 0 aromatic heterocycles. The maximum atomic E-state index is 11.3. The lowest BCUT2D eigenvalue weighted by molar-refractivity contribution is 0.0519. The third-order valence-corrected chi connectivity index (χ3v) is 2.24. The Bertz CT molecular complexity index is 521. The number of phenols is 1. The summed E-state index contributed by atoms with van der Waals surface area (Å²) < 4.78 is 10.3. The normalized spacial score (nSPS) is 10.8. The Kier molecular flexibility index (Phi) is 5.40. The molecule has 0 unspecified atom stereocenters.